The molecule has 0 aromatic carbocycles. The van der Waals surface area contributed by atoms with Crippen molar-refractivity contribution in [1.29, 1.82) is 0 Å². The van der Waals surface area contributed by atoms with Gasteiger partial charge in [0.25, 0.3) is 10.0 Å². The molecule has 1 aliphatic rings. The van der Waals surface area contributed by atoms with Crippen LogP contribution in [0.2, 0.25) is 0 Å². The fraction of sp³-hybridized carbons (Fsp3) is 0.800. The zero-order valence-corrected chi connectivity index (χ0v) is 13.2. The second-order valence-corrected chi connectivity index (χ2v) is 7.34. The van der Waals surface area contributed by atoms with Crippen LogP contribution in [-0.4, -0.2) is 47.4 Å². The van der Waals surface area contributed by atoms with Crippen molar-refractivity contribution in [3.63, 3.8) is 0 Å². The van der Waals surface area contributed by atoms with E-state index in [2.05, 4.69) is 26.2 Å². The first-order chi connectivity index (χ1) is 8.96. The predicted molar refractivity (Wildman–Crippen MR) is 73.9 cm³/mol. The van der Waals surface area contributed by atoms with Crippen molar-refractivity contribution < 1.29 is 8.42 Å². The van der Waals surface area contributed by atoms with E-state index in [9.17, 15) is 8.42 Å². The molecule has 1 fully saturated rings. The standard InChI is InChI=1S/C10H18BrN5O2S/c1-15-10(9(11)13-14-15)19(17,18)16-6-3-8(2-5-12)4-7-16/h8H,2-7,12H2,1H3. The maximum absolute atomic E-state index is 12.5. The Bertz CT molecular complexity index is 517. The van der Waals surface area contributed by atoms with Crippen molar-refractivity contribution in [2.45, 2.75) is 24.3 Å². The summed E-state index contributed by atoms with van der Waals surface area (Å²) in [6.07, 6.45) is 2.68. The van der Waals surface area contributed by atoms with E-state index >= 15 is 0 Å². The van der Waals surface area contributed by atoms with Crippen LogP contribution in [0.5, 0.6) is 0 Å². The van der Waals surface area contributed by atoms with Gasteiger partial charge in [-0.1, -0.05) is 5.21 Å². The van der Waals surface area contributed by atoms with Gasteiger partial charge >= 0.3 is 0 Å². The van der Waals surface area contributed by atoms with Crippen molar-refractivity contribution in [2.75, 3.05) is 19.6 Å². The number of halogens is 1. The summed E-state index contributed by atoms with van der Waals surface area (Å²) in [4.78, 5) is 0. The number of nitrogens with two attached hydrogens (primary N) is 1. The van der Waals surface area contributed by atoms with E-state index in [4.69, 9.17) is 5.73 Å². The molecule has 1 aromatic heterocycles. The summed E-state index contributed by atoms with van der Waals surface area (Å²) in [5.41, 5.74) is 5.54. The first-order valence-electron chi connectivity index (χ1n) is 6.22. The fourth-order valence-electron chi connectivity index (χ4n) is 2.39. The van der Waals surface area contributed by atoms with Gasteiger partial charge < -0.3 is 5.73 Å². The minimum absolute atomic E-state index is 0.116. The fourth-order valence-corrected chi connectivity index (χ4v) is 4.89. The van der Waals surface area contributed by atoms with Crippen molar-refractivity contribution in [2.24, 2.45) is 18.7 Å². The number of nitrogens with zero attached hydrogens (tertiary/aromatic N) is 4. The van der Waals surface area contributed by atoms with Gasteiger partial charge in [-0.3, -0.25) is 0 Å². The van der Waals surface area contributed by atoms with Crippen molar-refractivity contribution in [1.82, 2.24) is 19.3 Å². The summed E-state index contributed by atoms with van der Waals surface area (Å²) in [5.74, 6) is 0.532. The summed E-state index contributed by atoms with van der Waals surface area (Å²) in [5, 5.41) is 7.56. The first-order valence-corrected chi connectivity index (χ1v) is 8.45. The highest BCUT2D eigenvalue weighted by atomic mass is 79.9. The molecule has 1 aliphatic heterocycles. The number of hydrogen-bond donors (Lipinski definition) is 1. The highest BCUT2D eigenvalue weighted by molar-refractivity contribution is 9.10. The average molecular weight is 352 g/mol. The van der Waals surface area contributed by atoms with E-state index in [-0.39, 0.29) is 9.63 Å². The third kappa shape index (κ3) is 2.99. The maximum atomic E-state index is 12.5. The molecule has 108 valence electrons. The average Bonchev–Trinajstić information content (AvgIpc) is 2.70. The number of aryl methyl sites for hydroxylation is 1. The van der Waals surface area contributed by atoms with Crippen LogP contribution < -0.4 is 5.73 Å². The quantitative estimate of drug-likeness (QED) is 0.843. The molecule has 0 atom stereocenters. The van der Waals surface area contributed by atoms with E-state index in [1.807, 2.05) is 0 Å². The maximum Gasteiger partial charge on any atom is 0.263 e. The molecule has 19 heavy (non-hydrogen) atoms. The van der Waals surface area contributed by atoms with Crippen LogP contribution in [0.15, 0.2) is 9.63 Å². The van der Waals surface area contributed by atoms with Gasteiger partial charge in [-0.15, -0.1) is 5.10 Å². The number of rotatable bonds is 4. The molecule has 0 saturated carbocycles. The molecule has 0 aliphatic carbocycles. The van der Waals surface area contributed by atoms with E-state index in [1.165, 1.54) is 8.99 Å². The second-order valence-electron chi connectivity index (χ2n) is 4.73. The molecule has 0 bridgehead atoms. The molecule has 2 N–H and O–H groups in total. The van der Waals surface area contributed by atoms with Gasteiger partial charge in [-0.05, 0) is 47.7 Å². The normalized spacial score (nSPS) is 18.9. The minimum Gasteiger partial charge on any atom is -0.330 e. The lowest BCUT2D eigenvalue weighted by Gasteiger charge is -2.30. The number of sulfonamides is 1. The van der Waals surface area contributed by atoms with E-state index in [0.29, 0.717) is 25.6 Å². The zero-order chi connectivity index (χ0) is 14.0. The van der Waals surface area contributed by atoms with Crippen LogP contribution in [0.25, 0.3) is 0 Å². The minimum atomic E-state index is -3.53. The summed E-state index contributed by atoms with van der Waals surface area (Å²) in [6.45, 7) is 1.73. The number of aromatic nitrogens is 3. The van der Waals surface area contributed by atoms with Crippen LogP contribution in [0.3, 0.4) is 0 Å². The summed E-state index contributed by atoms with van der Waals surface area (Å²) in [6, 6.07) is 0. The molecule has 0 amide bonds. The third-order valence-corrected chi connectivity index (χ3v) is 6.26. The van der Waals surface area contributed by atoms with Crippen LogP contribution in [0.1, 0.15) is 19.3 Å². The first kappa shape index (κ1) is 14.9. The molecule has 0 radical (unpaired) electrons. The number of hydrogen-bond acceptors (Lipinski definition) is 5. The molecule has 1 aromatic rings. The van der Waals surface area contributed by atoms with Crippen molar-refractivity contribution in [3.8, 4) is 0 Å². The lowest BCUT2D eigenvalue weighted by molar-refractivity contribution is 0.264. The lowest BCUT2D eigenvalue weighted by atomic mass is 9.95. The van der Waals surface area contributed by atoms with Crippen LogP contribution >= 0.6 is 15.9 Å². The van der Waals surface area contributed by atoms with Crippen LogP contribution in [0, 0.1) is 5.92 Å². The monoisotopic (exact) mass is 351 g/mol. The Labute approximate surface area is 121 Å². The van der Waals surface area contributed by atoms with Crippen molar-refractivity contribution in [3.05, 3.63) is 4.60 Å². The Kier molecular flexibility index (Phi) is 4.59. The Morgan fingerprint density at radius 3 is 2.53 bits per heavy atom. The molecule has 0 spiro atoms. The lowest BCUT2D eigenvalue weighted by Crippen LogP contribution is -2.39. The third-order valence-electron chi connectivity index (χ3n) is 3.47. The Morgan fingerprint density at radius 2 is 2.05 bits per heavy atom. The Morgan fingerprint density at radius 1 is 1.42 bits per heavy atom. The molecule has 2 heterocycles. The molecule has 2 rings (SSSR count). The zero-order valence-electron chi connectivity index (χ0n) is 10.8. The van der Waals surface area contributed by atoms with Gasteiger partial charge in [0.05, 0.1) is 0 Å². The van der Waals surface area contributed by atoms with E-state index in [0.717, 1.165) is 19.3 Å². The van der Waals surface area contributed by atoms with Gasteiger partial charge in [0, 0.05) is 20.1 Å². The van der Waals surface area contributed by atoms with Gasteiger partial charge in [-0.2, -0.15) is 4.31 Å². The summed E-state index contributed by atoms with van der Waals surface area (Å²) < 4.78 is 28.1. The van der Waals surface area contributed by atoms with E-state index in [1.54, 1.807) is 7.05 Å². The molecular weight excluding hydrogens is 334 g/mol. The molecule has 9 heteroatoms. The Balaban J connectivity index is 2.15. The largest absolute Gasteiger partial charge is 0.330 e. The topological polar surface area (TPSA) is 94.1 Å². The predicted octanol–water partition coefficient (Wildman–Crippen LogP) is 0.327. The van der Waals surface area contributed by atoms with Crippen molar-refractivity contribution >= 4 is 26.0 Å². The summed E-state index contributed by atoms with van der Waals surface area (Å²) >= 11 is 3.14. The smallest absolute Gasteiger partial charge is 0.263 e. The highest BCUT2D eigenvalue weighted by Gasteiger charge is 2.33. The van der Waals surface area contributed by atoms with Gasteiger partial charge in [0.15, 0.2) is 4.60 Å². The Hall–Kier alpha value is -0.510. The van der Waals surface area contributed by atoms with Gasteiger partial charge in [0.1, 0.15) is 0 Å². The van der Waals surface area contributed by atoms with Gasteiger partial charge in [-0.25, -0.2) is 13.1 Å². The second kappa shape index (κ2) is 5.86. The van der Waals surface area contributed by atoms with Gasteiger partial charge in [0.2, 0.25) is 5.03 Å². The van der Waals surface area contributed by atoms with E-state index < -0.39 is 10.0 Å². The van der Waals surface area contributed by atoms with Crippen LogP contribution in [-0.2, 0) is 17.1 Å². The molecule has 0 unspecified atom stereocenters. The molecule has 7 nitrogen and oxygen atoms in total. The number of piperidine rings is 1. The summed E-state index contributed by atoms with van der Waals surface area (Å²) in [7, 11) is -1.95. The SMILES string of the molecule is Cn1nnc(Br)c1S(=O)(=O)N1CCC(CCN)CC1. The highest BCUT2D eigenvalue weighted by Crippen LogP contribution is 2.27. The van der Waals surface area contributed by atoms with Crippen LogP contribution in [0.4, 0.5) is 0 Å². The molecular formula is C10H18BrN5O2S. The molecule has 1 saturated heterocycles.